The van der Waals surface area contributed by atoms with Crippen molar-refractivity contribution in [1.82, 2.24) is 10.2 Å². The predicted molar refractivity (Wildman–Crippen MR) is 85.7 cm³/mol. The SMILES string of the molecule is CNCC1CCN(C(=O)c2ccc(C(C)C)cc2)C1.Cl. The number of halogens is 1. The fraction of sp³-hybridized carbons (Fsp3) is 0.562. The lowest BCUT2D eigenvalue weighted by atomic mass is 10.0. The summed E-state index contributed by atoms with van der Waals surface area (Å²) in [7, 11) is 1.97. The fourth-order valence-electron chi connectivity index (χ4n) is 2.67. The summed E-state index contributed by atoms with van der Waals surface area (Å²) in [6, 6.07) is 8.06. The van der Waals surface area contributed by atoms with Gasteiger partial charge in [-0.05, 0) is 49.5 Å². The molecular weight excluding hydrogens is 272 g/mol. The van der Waals surface area contributed by atoms with Crippen LogP contribution in [0.2, 0.25) is 0 Å². The second-order valence-corrected chi connectivity index (χ2v) is 5.74. The molecule has 0 radical (unpaired) electrons. The summed E-state index contributed by atoms with van der Waals surface area (Å²) < 4.78 is 0. The number of nitrogens with zero attached hydrogens (tertiary/aromatic N) is 1. The molecule has 1 fully saturated rings. The first-order valence-electron chi connectivity index (χ1n) is 7.15. The minimum Gasteiger partial charge on any atom is -0.338 e. The van der Waals surface area contributed by atoms with Crippen molar-refractivity contribution >= 4 is 18.3 Å². The third-order valence-electron chi connectivity index (χ3n) is 3.89. The molecule has 1 heterocycles. The first-order chi connectivity index (χ1) is 9.11. The molecule has 2 rings (SSSR count). The summed E-state index contributed by atoms with van der Waals surface area (Å²) in [6.45, 7) is 7.10. The fourth-order valence-corrected chi connectivity index (χ4v) is 2.67. The van der Waals surface area contributed by atoms with Crippen LogP contribution in [0.5, 0.6) is 0 Å². The van der Waals surface area contributed by atoms with Crippen LogP contribution in [0, 0.1) is 5.92 Å². The molecule has 112 valence electrons. The van der Waals surface area contributed by atoms with Crippen molar-refractivity contribution < 1.29 is 4.79 Å². The maximum absolute atomic E-state index is 12.4. The molecule has 3 nitrogen and oxygen atoms in total. The Morgan fingerprint density at radius 1 is 1.35 bits per heavy atom. The Kier molecular flexibility index (Phi) is 6.50. The zero-order valence-electron chi connectivity index (χ0n) is 12.6. The number of nitrogens with one attached hydrogen (secondary N) is 1. The van der Waals surface area contributed by atoms with Crippen LogP contribution >= 0.6 is 12.4 Å². The zero-order valence-corrected chi connectivity index (χ0v) is 13.4. The number of rotatable bonds is 4. The predicted octanol–water partition coefficient (Wildman–Crippen LogP) is 2.91. The van der Waals surface area contributed by atoms with Crippen molar-refractivity contribution in [3.05, 3.63) is 35.4 Å². The van der Waals surface area contributed by atoms with E-state index < -0.39 is 0 Å². The molecule has 1 aromatic carbocycles. The van der Waals surface area contributed by atoms with Gasteiger partial charge in [-0.1, -0.05) is 26.0 Å². The van der Waals surface area contributed by atoms with Gasteiger partial charge in [0.25, 0.3) is 5.91 Å². The molecule has 1 aliphatic rings. The molecule has 1 N–H and O–H groups in total. The van der Waals surface area contributed by atoms with Gasteiger partial charge in [-0.15, -0.1) is 12.4 Å². The van der Waals surface area contributed by atoms with Crippen molar-refractivity contribution in [2.75, 3.05) is 26.7 Å². The quantitative estimate of drug-likeness (QED) is 0.926. The molecule has 1 saturated heterocycles. The lowest BCUT2D eigenvalue weighted by Crippen LogP contribution is -2.30. The van der Waals surface area contributed by atoms with E-state index in [1.165, 1.54) is 5.56 Å². The number of carbonyl (C=O) groups is 1. The first-order valence-corrected chi connectivity index (χ1v) is 7.15. The van der Waals surface area contributed by atoms with Crippen molar-refractivity contribution in [1.29, 1.82) is 0 Å². The minimum absolute atomic E-state index is 0. The van der Waals surface area contributed by atoms with E-state index in [0.29, 0.717) is 11.8 Å². The second-order valence-electron chi connectivity index (χ2n) is 5.74. The number of hydrogen-bond donors (Lipinski definition) is 1. The van der Waals surface area contributed by atoms with Crippen LogP contribution in [0.1, 0.15) is 42.1 Å². The Morgan fingerprint density at radius 2 is 2.00 bits per heavy atom. The van der Waals surface area contributed by atoms with E-state index in [1.807, 2.05) is 24.1 Å². The van der Waals surface area contributed by atoms with Gasteiger partial charge in [-0.2, -0.15) is 0 Å². The second kappa shape index (κ2) is 7.65. The number of carbonyl (C=O) groups excluding carboxylic acids is 1. The third kappa shape index (κ3) is 3.97. The van der Waals surface area contributed by atoms with E-state index in [1.54, 1.807) is 0 Å². The Morgan fingerprint density at radius 3 is 2.55 bits per heavy atom. The normalized spacial score (nSPS) is 18.2. The van der Waals surface area contributed by atoms with Gasteiger partial charge in [0.05, 0.1) is 0 Å². The van der Waals surface area contributed by atoms with E-state index >= 15 is 0 Å². The molecule has 20 heavy (non-hydrogen) atoms. The molecule has 0 aromatic heterocycles. The molecule has 0 bridgehead atoms. The van der Waals surface area contributed by atoms with Crippen molar-refractivity contribution in [3.63, 3.8) is 0 Å². The Hall–Kier alpha value is -1.06. The molecular formula is C16H25ClN2O. The largest absolute Gasteiger partial charge is 0.338 e. The smallest absolute Gasteiger partial charge is 0.253 e. The zero-order chi connectivity index (χ0) is 13.8. The summed E-state index contributed by atoms with van der Waals surface area (Å²) in [5.74, 6) is 1.29. The van der Waals surface area contributed by atoms with Gasteiger partial charge < -0.3 is 10.2 Å². The topological polar surface area (TPSA) is 32.3 Å². The van der Waals surface area contributed by atoms with Crippen LogP contribution in [-0.4, -0.2) is 37.5 Å². The number of likely N-dealkylation sites (tertiary alicyclic amines) is 1. The highest BCUT2D eigenvalue weighted by Crippen LogP contribution is 2.20. The van der Waals surface area contributed by atoms with Crippen LogP contribution in [-0.2, 0) is 0 Å². The number of amides is 1. The number of benzene rings is 1. The highest BCUT2D eigenvalue weighted by Gasteiger charge is 2.26. The summed E-state index contributed by atoms with van der Waals surface area (Å²) >= 11 is 0. The molecule has 0 saturated carbocycles. The van der Waals surface area contributed by atoms with Gasteiger partial charge in [-0.25, -0.2) is 0 Å². The summed E-state index contributed by atoms with van der Waals surface area (Å²) in [5, 5.41) is 3.19. The molecule has 1 amide bonds. The van der Waals surface area contributed by atoms with Crippen LogP contribution in [0.15, 0.2) is 24.3 Å². The molecule has 1 aromatic rings. The first kappa shape index (κ1) is 17.0. The van der Waals surface area contributed by atoms with Gasteiger partial charge in [0.15, 0.2) is 0 Å². The van der Waals surface area contributed by atoms with Gasteiger partial charge in [-0.3, -0.25) is 4.79 Å². The average molecular weight is 297 g/mol. The molecule has 0 aliphatic carbocycles. The molecule has 0 spiro atoms. The van der Waals surface area contributed by atoms with Crippen molar-refractivity contribution in [2.45, 2.75) is 26.2 Å². The van der Waals surface area contributed by atoms with E-state index in [0.717, 1.165) is 31.6 Å². The Balaban J connectivity index is 0.00000200. The van der Waals surface area contributed by atoms with Gasteiger partial charge >= 0.3 is 0 Å². The van der Waals surface area contributed by atoms with E-state index in [-0.39, 0.29) is 18.3 Å². The lowest BCUT2D eigenvalue weighted by molar-refractivity contribution is 0.0787. The van der Waals surface area contributed by atoms with E-state index in [4.69, 9.17) is 0 Å². The van der Waals surface area contributed by atoms with Gasteiger partial charge in [0.1, 0.15) is 0 Å². The minimum atomic E-state index is 0. The van der Waals surface area contributed by atoms with E-state index in [2.05, 4.69) is 31.3 Å². The maximum atomic E-state index is 12.4. The summed E-state index contributed by atoms with van der Waals surface area (Å²) in [5.41, 5.74) is 2.10. The summed E-state index contributed by atoms with van der Waals surface area (Å²) in [6.07, 6.45) is 1.11. The third-order valence-corrected chi connectivity index (χ3v) is 3.89. The Bertz CT molecular complexity index is 431. The van der Waals surface area contributed by atoms with Crippen LogP contribution in [0.3, 0.4) is 0 Å². The number of hydrogen-bond acceptors (Lipinski definition) is 2. The van der Waals surface area contributed by atoms with Crippen LogP contribution in [0.4, 0.5) is 0 Å². The summed E-state index contributed by atoms with van der Waals surface area (Å²) in [4.78, 5) is 14.4. The Labute approximate surface area is 128 Å². The molecule has 1 aliphatic heterocycles. The average Bonchev–Trinajstić information content (AvgIpc) is 2.87. The molecule has 1 atom stereocenters. The molecule has 4 heteroatoms. The van der Waals surface area contributed by atoms with Crippen molar-refractivity contribution in [2.24, 2.45) is 5.92 Å². The highest BCUT2D eigenvalue weighted by molar-refractivity contribution is 5.94. The van der Waals surface area contributed by atoms with E-state index in [9.17, 15) is 4.79 Å². The lowest BCUT2D eigenvalue weighted by Gasteiger charge is -2.17. The van der Waals surface area contributed by atoms with Crippen LogP contribution in [0.25, 0.3) is 0 Å². The van der Waals surface area contributed by atoms with Crippen LogP contribution < -0.4 is 5.32 Å². The maximum Gasteiger partial charge on any atom is 0.253 e. The highest BCUT2D eigenvalue weighted by atomic mass is 35.5. The van der Waals surface area contributed by atoms with Gasteiger partial charge in [0.2, 0.25) is 0 Å². The standard InChI is InChI=1S/C16H24N2O.ClH/c1-12(2)14-4-6-15(7-5-14)16(19)18-9-8-13(11-18)10-17-3;/h4-7,12-13,17H,8-11H2,1-3H3;1H. The molecule has 1 unspecified atom stereocenters. The monoisotopic (exact) mass is 296 g/mol. The van der Waals surface area contributed by atoms with Gasteiger partial charge in [0, 0.05) is 18.7 Å². The van der Waals surface area contributed by atoms with Crippen molar-refractivity contribution in [3.8, 4) is 0 Å².